The quantitative estimate of drug-likeness (QED) is 0.851. The Morgan fingerprint density at radius 1 is 1.50 bits per heavy atom. The third kappa shape index (κ3) is 3.89. The van der Waals surface area contributed by atoms with Crippen molar-refractivity contribution in [1.82, 2.24) is 4.90 Å². The minimum absolute atomic E-state index is 0.0200. The number of para-hydroxylation sites is 1. The summed E-state index contributed by atoms with van der Waals surface area (Å²) in [6, 6.07) is 7.84. The van der Waals surface area contributed by atoms with Crippen molar-refractivity contribution in [2.75, 3.05) is 13.7 Å². The van der Waals surface area contributed by atoms with Gasteiger partial charge in [0.05, 0.1) is 13.2 Å². The van der Waals surface area contributed by atoms with E-state index in [1.165, 1.54) is 0 Å². The van der Waals surface area contributed by atoms with Crippen LogP contribution in [0.25, 0.3) is 5.57 Å². The Morgan fingerprint density at radius 2 is 2.23 bits per heavy atom. The van der Waals surface area contributed by atoms with Crippen molar-refractivity contribution < 1.29 is 14.6 Å². The predicted octanol–water partition coefficient (Wildman–Crippen LogP) is 2.86. The van der Waals surface area contributed by atoms with Gasteiger partial charge >= 0.3 is 0 Å². The normalized spacial score (nSPS) is 20.1. The minimum Gasteiger partial charge on any atom is -0.496 e. The second-order valence-corrected chi connectivity index (χ2v) is 5.94. The number of likely N-dealkylation sites (tertiary alicyclic amines) is 1. The molecule has 1 aliphatic heterocycles. The van der Waals surface area contributed by atoms with Gasteiger partial charge in [0.25, 0.3) is 0 Å². The molecular formula is C18H25NO3. The summed E-state index contributed by atoms with van der Waals surface area (Å²) >= 11 is 0. The number of methoxy groups -OCH3 is 1. The highest BCUT2D eigenvalue weighted by Gasteiger charge is 2.28. The number of carbonyl (C=O) groups is 1. The second kappa shape index (κ2) is 7.45. The van der Waals surface area contributed by atoms with E-state index in [2.05, 4.69) is 0 Å². The van der Waals surface area contributed by atoms with Crippen LogP contribution in [-0.4, -0.2) is 41.7 Å². The number of allylic oxidation sites excluding steroid dienone is 1. The lowest BCUT2D eigenvalue weighted by atomic mass is 10.0. The molecule has 2 unspecified atom stereocenters. The molecule has 0 bridgehead atoms. The van der Waals surface area contributed by atoms with Gasteiger partial charge in [0.1, 0.15) is 5.75 Å². The van der Waals surface area contributed by atoms with Gasteiger partial charge in [-0.25, -0.2) is 0 Å². The van der Waals surface area contributed by atoms with Gasteiger partial charge < -0.3 is 14.7 Å². The fourth-order valence-electron chi connectivity index (χ4n) is 3.08. The molecule has 0 saturated carbocycles. The molecule has 22 heavy (non-hydrogen) atoms. The highest BCUT2D eigenvalue weighted by molar-refractivity contribution is 5.95. The van der Waals surface area contributed by atoms with Gasteiger partial charge in [0.15, 0.2) is 0 Å². The minimum atomic E-state index is -0.377. The number of amides is 1. The van der Waals surface area contributed by atoms with Crippen molar-refractivity contribution in [3.63, 3.8) is 0 Å². The molecular weight excluding hydrogens is 278 g/mol. The average Bonchev–Trinajstić information content (AvgIpc) is 2.94. The van der Waals surface area contributed by atoms with E-state index in [0.29, 0.717) is 6.42 Å². The summed E-state index contributed by atoms with van der Waals surface area (Å²) in [7, 11) is 1.63. The molecule has 1 fully saturated rings. The summed E-state index contributed by atoms with van der Waals surface area (Å²) in [5.41, 5.74) is 1.83. The maximum Gasteiger partial charge on any atom is 0.247 e. The lowest BCUT2D eigenvalue weighted by Crippen LogP contribution is -2.36. The summed E-state index contributed by atoms with van der Waals surface area (Å²) in [6.45, 7) is 4.47. The Balaban J connectivity index is 2.15. The highest BCUT2D eigenvalue weighted by atomic mass is 16.5. The molecule has 0 aromatic heterocycles. The lowest BCUT2D eigenvalue weighted by molar-refractivity contribution is -0.127. The molecule has 0 aliphatic carbocycles. The van der Waals surface area contributed by atoms with Gasteiger partial charge in [-0.3, -0.25) is 4.79 Å². The van der Waals surface area contributed by atoms with Gasteiger partial charge in [-0.1, -0.05) is 18.2 Å². The topological polar surface area (TPSA) is 49.8 Å². The van der Waals surface area contributed by atoms with E-state index in [9.17, 15) is 9.90 Å². The largest absolute Gasteiger partial charge is 0.496 e. The molecule has 2 atom stereocenters. The number of ether oxygens (including phenoxy) is 1. The van der Waals surface area contributed by atoms with E-state index in [4.69, 9.17) is 4.74 Å². The van der Waals surface area contributed by atoms with Crippen LogP contribution in [0, 0.1) is 0 Å². The zero-order valence-corrected chi connectivity index (χ0v) is 13.6. The van der Waals surface area contributed by atoms with Crippen molar-refractivity contribution in [2.24, 2.45) is 0 Å². The number of carbonyl (C=O) groups excluding carboxylic acids is 1. The van der Waals surface area contributed by atoms with Crippen LogP contribution in [0.2, 0.25) is 0 Å². The third-order valence-corrected chi connectivity index (χ3v) is 4.15. The molecule has 1 heterocycles. The van der Waals surface area contributed by atoms with E-state index < -0.39 is 0 Å². The first kappa shape index (κ1) is 16.6. The molecule has 0 spiro atoms. The van der Waals surface area contributed by atoms with Crippen LogP contribution in [0.4, 0.5) is 0 Å². The summed E-state index contributed by atoms with van der Waals surface area (Å²) < 4.78 is 5.35. The maximum absolute atomic E-state index is 12.5. The summed E-state index contributed by atoms with van der Waals surface area (Å²) in [5, 5.41) is 9.57. The van der Waals surface area contributed by atoms with Crippen LogP contribution < -0.4 is 4.74 Å². The Hall–Kier alpha value is -1.81. The second-order valence-electron chi connectivity index (χ2n) is 5.94. The monoisotopic (exact) mass is 303 g/mol. The highest BCUT2D eigenvalue weighted by Crippen LogP contribution is 2.27. The molecule has 120 valence electrons. The van der Waals surface area contributed by atoms with Crippen LogP contribution in [0.1, 0.15) is 38.7 Å². The lowest BCUT2D eigenvalue weighted by Gasteiger charge is -2.24. The van der Waals surface area contributed by atoms with Gasteiger partial charge in [0, 0.05) is 24.2 Å². The molecule has 1 amide bonds. The SMILES string of the molecule is COc1ccccc1/C(C)=C/C(=O)N1CCCC1CC(C)O. The number of nitrogens with zero attached hydrogens (tertiary/aromatic N) is 1. The van der Waals surface area contributed by atoms with E-state index in [1.54, 1.807) is 20.1 Å². The Labute approximate surface area is 132 Å². The molecule has 1 aromatic carbocycles. The van der Waals surface area contributed by atoms with E-state index >= 15 is 0 Å². The number of aliphatic hydroxyl groups excluding tert-OH is 1. The van der Waals surface area contributed by atoms with Gasteiger partial charge in [-0.15, -0.1) is 0 Å². The first-order valence-electron chi connectivity index (χ1n) is 7.83. The zero-order chi connectivity index (χ0) is 16.1. The predicted molar refractivity (Wildman–Crippen MR) is 87.7 cm³/mol. The molecule has 4 nitrogen and oxygen atoms in total. The van der Waals surface area contributed by atoms with Crippen molar-refractivity contribution in [2.45, 2.75) is 45.3 Å². The number of hydrogen-bond donors (Lipinski definition) is 1. The molecule has 1 N–H and O–H groups in total. The molecule has 1 aliphatic rings. The standard InChI is InChI=1S/C18H25NO3/c1-13(16-8-4-5-9-17(16)22-3)11-18(21)19-10-6-7-15(19)12-14(2)20/h4-5,8-9,11,14-15,20H,6-7,10,12H2,1-3H3/b13-11+. The number of benzene rings is 1. The van der Waals surface area contributed by atoms with Gasteiger partial charge in [-0.05, 0) is 44.7 Å². The Bertz CT molecular complexity index is 551. The van der Waals surface area contributed by atoms with Crippen molar-refractivity contribution in [3.05, 3.63) is 35.9 Å². The number of hydrogen-bond acceptors (Lipinski definition) is 3. The summed E-state index contributed by atoms with van der Waals surface area (Å²) in [5.74, 6) is 0.789. The van der Waals surface area contributed by atoms with E-state index in [1.807, 2.05) is 36.1 Å². The Kier molecular flexibility index (Phi) is 5.61. The molecule has 1 saturated heterocycles. The first-order valence-corrected chi connectivity index (χ1v) is 7.83. The van der Waals surface area contributed by atoms with Crippen LogP contribution in [0.3, 0.4) is 0 Å². The zero-order valence-electron chi connectivity index (χ0n) is 13.6. The van der Waals surface area contributed by atoms with Crippen molar-refractivity contribution in [3.8, 4) is 5.75 Å². The summed E-state index contributed by atoms with van der Waals surface area (Å²) in [4.78, 5) is 14.4. The molecule has 1 aromatic rings. The first-order chi connectivity index (χ1) is 10.5. The third-order valence-electron chi connectivity index (χ3n) is 4.15. The smallest absolute Gasteiger partial charge is 0.247 e. The van der Waals surface area contributed by atoms with Crippen LogP contribution in [-0.2, 0) is 4.79 Å². The number of aliphatic hydroxyl groups is 1. The fraction of sp³-hybridized carbons (Fsp3) is 0.500. The van der Waals surface area contributed by atoms with E-state index in [0.717, 1.165) is 36.3 Å². The van der Waals surface area contributed by atoms with Crippen molar-refractivity contribution >= 4 is 11.5 Å². The van der Waals surface area contributed by atoms with Crippen molar-refractivity contribution in [1.29, 1.82) is 0 Å². The van der Waals surface area contributed by atoms with Gasteiger partial charge in [0.2, 0.25) is 5.91 Å². The van der Waals surface area contributed by atoms with Crippen LogP contribution >= 0.6 is 0 Å². The van der Waals surface area contributed by atoms with E-state index in [-0.39, 0.29) is 18.1 Å². The molecule has 0 radical (unpaired) electrons. The summed E-state index contributed by atoms with van der Waals surface area (Å²) in [6.07, 6.45) is 3.92. The Morgan fingerprint density at radius 3 is 2.91 bits per heavy atom. The molecule has 2 rings (SSSR count). The van der Waals surface area contributed by atoms with Crippen LogP contribution in [0.5, 0.6) is 5.75 Å². The van der Waals surface area contributed by atoms with Crippen LogP contribution in [0.15, 0.2) is 30.3 Å². The average molecular weight is 303 g/mol. The van der Waals surface area contributed by atoms with Gasteiger partial charge in [-0.2, -0.15) is 0 Å². The fourth-order valence-corrected chi connectivity index (χ4v) is 3.08. The number of rotatable bonds is 5. The maximum atomic E-state index is 12.5. The molecule has 4 heteroatoms.